The molecule has 2 atom stereocenters. The van der Waals surface area contributed by atoms with Gasteiger partial charge >= 0.3 is 6.18 Å². The van der Waals surface area contributed by atoms with Crippen LogP contribution in [0.1, 0.15) is 25.7 Å². The smallest absolute Gasteiger partial charge is 0.393 e. The molecule has 0 bridgehead atoms. The molecule has 2 rings (SSSR count). The number of hydrogen-bond acceptors (Lipinski definition) is 4. The molecule has 134 valence electrons. The Morgan fingerprint density at radius 2 is 1.70 bits per heavy atom. The maximum atomic E-state index is 13.0. The third kappa shape index (κ3) is 5.61. The molecule has 1 aliphatic heterocycles. The standard InChI is InChI=1S/C15H26F3N3O2/c16-15(17,18)12-3-1-2-4-13(12)19-14(23)11-21-7-5-20(6-8-21)9-10-22/h12-13,22H,1-11H2,(H,19,23)/t12-,13+/m1/s1. The number of carbonyl (C=O) groups excluding carboxylic acids is 1. The van der Waals surface area contributed by atoms with E-state index in [1.807, 2.05) is 4.90 Å². The Morgan fingerprint density at radius 1 is 1.09 bits per heavy atom. The van der Waals surface area contributed by atoms with Gasteiger partial charge in [0.05, 0.1) is 19.1 Å². The Balaban J connectivity index is 1.78. The molecule has 5 nitrogen and oxygen atoms in total. The van der Waals surface area contributed by atoms with Crippen LogP contribution in [0.5, 0.6) is 0 Å². The molecule has 1 aliphatic carbocycles. The normalized spacial score (nSPS) is 27.8. The predicted molar refractivity (Wildman–Crippen MR) is 79.9 cm³/mol. The lowest BCUT2D eigenvalue weighted by Gasteiger charge is -2.36. The topological polar surface area (TPSA) is 55.8 Å². The molecule has 0 aromatic carbocycles. The fourth-order valence-electron chi connectivity index (χ4n) is 3.46. The number of amides is 1. The lowest BCUT2D eigenvalue weighted by atomic mass is 9.84. The number of nitrogens with zero attached hydrogens (tertiary/aromatic N) is 2. The summed E-state index contributed by atoms with van der Waals surface area (Å²) in [6, 6.07) is -0.785. The zero-order valence-corrected chi connectivity index (χ0v) is 13.3. The van der Waals surface area contributed by atoms with Gasteiger partial charge in [-0.1, -0.05) is 12.8 Å². The number of carbonyl (C=O) groups is 1. The Hall–Kier alpha value is -0.860. The molecule has 0 unspecified atom stereocenters. The highest BCUT2D eigenvalue weighted by Gasteiger charge is 2.45. The predicted octanol–water partition coefficient (Wildman–Crippen LogP) is 0.834. The van der Waals surface area contributed by atoms with Crippen LogP contribution in [0.25, 0.3) is 0 Å². The van der Waals surface area contributed by atoms with Crippen molar-refractivity contribution in [1.82, 2.24) is 15.1 Å². The summed E-state index contributed by atoms with van der Waals surface area (Å²) in [5.41, 5.74) is 0. The van der Waals surface area contributed by atoms with E-state index in [9.17, 15) is 18.0 Å². The maximum Gasteiger partial charge on any atom is 0.393 e. The number of alkyl halides is 3. The van der Waals surface area contributed by atoms with Crippen LogP contribution >= 0.6 is 0 Å². The molecule has 1 saturated carbocycles. The molecular weight excluding hydrogens is 311 g/mol. The summed E-state index contributed by atoms with van der Waals surface area (Å²) >= 11 is 0. The minimum atomic E-state index is -4.24. The fraction of sp³-hybridized carbons (Fsp3) is 0.933. The van der Waals surface area contributed by atoms with Gasteiger partial charge in [-0.2, -0.15) is 13.2 Å². The largest absolute Gasteiger partial charge is 0.395 e. The summed E-state index contributed by atoms with van der Waals surface area (Å²) in [5.74, 6) is -1.73. The van der Waals surface area contributed by atoms with Crippen LogP contribution in [0.15, 0.2) is 0 Å². The minimum Gasteiger partial charge on any atom is -0.395 e. The first kappa shape index (κ1) is 18.5. The Kier molecular flexibility index (Phi) is 6.67. The quantitative estimate of drug-likeness (QED) is 0.780. The number of aliphatic hydroxyl groups excluding tert-OH is 1. The van der Waals surface area contributed by atoms with Gasteiger partial charge in [-0.25, -0.2) is 0 Å². The lowest BCUT2D eigenvalue weighted by Crippen LogP contribution is -2.53. The summed E-state index contributed by atoms with van der Waals surface area (Å²) < 4.78 is 39.1. The van der Waals surface area contributed by atoms with Crippen molar-refractivity contribution in [1.29, 1.82) is 0 Å². The zero-order valence-electron chi connectivity index (χ0n) is 13.3. The van der Waals surface area contributed by atoms with E-state index in [1.165, 1.54) is 0 Å². The van der Waals surface area contributed by atoms with Crippen molar-refractivity contribution in [2.75, 3.05) is 45.9 Å². The highest BCUT2D eigenvalue weighted by Crippen LogP contribution is 2.37. The first-order chi connectivity index (χ1) is 10.9. The molecule has 1 amide bonds. The fourth-order valence-corrected chi connectivity index (χ4v) is 3.46. The second-order valence-electron chi connectivity index (χ2n) is 6.45. The summed E-state index contributed by atoms with van der Waals surface area (Å²) in [5, 5.41) is 11.5. The zero-order chi connectivity index (χ0) is 16.9. The van der Waals surface area contributed by atoms with E-state index in [-0.39, 0.29) is 25.5 Å². The van der Waals surface area contributed by atoms with E-state index in [4.69, 9.17) is 5.11 Å². The number of rotatable bonds is 5. The average Bonchev–Trinajstić information content (AvgIpc) is 2.49. The van der Waals surface area contributed by atoms with Crippen molar-refractivity contribution in [3.8, 4) is 0 Å². The number of halogens is 3. The van der Waals surface area contributed by atoms with Crippen LogP contribution in [0.4, 0.5) is 13.2 Å². The van der Waals surface area contributed by atoms with Crippen molar-refractivity contribution in [3.63, 3.8) is 0 Å². The SMILES string of the molecule is O=C(CN1CCN(CCO)CC1)N[C@H]1CCCC[C@H]1C(F)(F)F. The van der Waals surface area contributed by atoms with Gasteiger partial charge in [0.25, 0.3) is 0 Å². The van der Waals surface area contributed by atoms with E-state index in [0.717, 1.165) is 19.5 Å². The van der Waals surface area contributed by atoms with Gasteiger partial charge < -0.3 is 10.4 Å². The van der Waals surface area contributed by atoms with Gasteiger partial charge in [-0.3, -0.25) is 14.6 Å². The summed E-state index contributed by atoms with van der Waals surface area (Å²) in [4.78, 5) is 16.1. The molecule has 2 fully saturated rings. The molecule has 0 radical (unpaired) electrons. The van der Waals surface area contributed by atoms with Gasteiger partial charge in [0, 0.05) is 38.8 Å². The molecule has 2 aliphatic rings. The number of hydrogen-bond donors (Lipinski definition) is 2. The van der Waals surface area contributed by atoms with Crippen molar-refractivity contribution < 1.29 is 23.1 Å². The van der Waals surface area contributed by atoms with Crippen LogP contribution < -0.4 is 5.32 Å². The van der Waals surface area contributed by atoms with Gasteiger partial charge in [-0.15, -0.1) is 0 Å². The molecule has 0 spiro atoms. The van der Waals surface area contributed by atoms with Crippen molar-refractivity contribution in [2.24, 2.45) is 5.92 Å². The first-order valence-electron chi connectivity index (χ1n) is 8.32. The van der Waals surface area contributed by atoms with Gasteiger partial charge in [0.1, 0.15) is 0 Å². The molecule has 0 aromatic heterocycles. The highest BCUT2D eigenvalue weighted by molar-refractivity contribution is 5.78. The van der Waals surface area contributed by atoms with E-state index in [0.29, 0.717) is 32.5 Å². The minimum absolute atomic E-state index is 0.105. The average molecular weight is 337 g/mol. The van der Waals surface area contributed by atoms with Gasteiger partial charge in [0.2, 0.25) is 5.91 Å². The Morgan fingerprint density at radius 3 is 2.30 bits per heavy atom. The Bertz CT molecular complexity index is 385. The van der Waals surface area contributed by atoms with Gasteiger partial charge in [0.15, 0.2) is 0 Å². The molecule has 23 heavy (non-hydrogen) atoms. The van der Waals surface area contributed by atoms with Crippen molar-refractivity contribution >= 4 is 5.91 Å². The lowest BCUT2D eigenvalue weighted by molar-refractivity contribution is -0.189. The number of nitrogens with one attached hydrogen (secondary N) is 1. The molecule has 1 saturated heterocycles. The van der Waals surface area contributed by atoms with Crippen LogP contribution in [-0.2, 0) is 4.79 Å². The molecule has 1 heterocycles. The van der Waals surface area contributed by atoms with E-state index in [2.05, 4.69) is 10.2 Å². The summed E-state index contributed by atoms with van der Waals surface area (Å²) in [7, 11) is 0. The summed E-state index contributed by atoms with van der Waals surface area (Å²) in [6.07, 6.45) is -2.43. The number of β-amino-alcohol motifs (C(OH)–C–C–N with tert-alkyl or cyclic N) is 1. The van der Waals surface area contributed by atoms with E-state index in [1.54, 1.807) is 0 Å². The second-order valence-corrected chi connectivity index (χ2v) is 6.45. The number of piperazine rings is 1. The van der Waals surface area contributed by atoms with Crippen molar-refractivity contribution in [2.45, 2.75) is 37.9 Å². The monoisotopic (exact) mass is 337 g/mol. The van der Waals surface area contributed by atoms with Crippen LogP contribution in [0.2, 0.25) is 0 Å². The molecule has 0 aromatic rings. The molecular formula is C15H26F3N3O2. The first-order valence-corrected chi connectivity index (χ1v) is 8.32. The number of aliphatic hydroxyl groups is 1. The Labute approximate surface area is 134 Å². The third-order valence-electron chi connectivity index (χ3n) is 4.78. The highest BCUT2D eigenvalue weighted by atomic mass is 19.4. The molecule has 8 heteroatoms. The van der Waals surface area contributed by atoms with Gasteiger partial charge in [-0.05, 0) is 12.8 Å². The van der Waals surface area contributed by atoms with E-state index >= 15 is 0 Å². The maximum absolute atomic E-state index is 13.0. The van der Waals surface area contributed by atoms with Crippen LogP contribution in [0, 0.1) is 5.92 Å². The van der Waals surface area contributed by atoms with Crippen LogP contribution in [0.3, 0.4) is 0 Å². The third-order valence-corrected chi connectivity index (χ3v) is 4.78. The molecule has 2 N–H and O–H groups in total. The summed E-state index contributed by atoms with van der Waals surface area (Å²) in [6.45, 7) is 3.80. The van der Waals surface area contributed by atoms with Crippen LogP contribution in [-0.4, -0.2) is 78.9 Å². The second kappa shape index (κ2) is 8.30. The van der Waals surface area contributed by atoms with E-state index < -0.39 is 18.1 Å². The van der Waals surface area contributed by atoms with Crippen molar-refractivity contribution in [3.05, 3.63) is 0 Å².